The summed E-state index contributed by atoms with van der Waals surface area (Å²) in [6, 6.07) is 0. The van der Waals surface area contributed by atoms with Crippen molar-refractivity contribution in [3.05, 3.63) is 0 Å². The smallest absolute Gasteiger partial charge is 0.226 e. The molecule has 0 bridgehead atoms. The summed E-state index contributed by atoms with van der Waals surface area (Å²) in [5, 5.41) is 9.33. The second-order valence-electron chi connectivity index (χ2n) is 4.34. The Morgan fingerprint density at radius 3 is 2.20 bits per heavy atom. The lowest BCUT2D eigenvalue weighted by Gasteiger charge is -2.13. The summed E-state index contributed by atoms with van der Waals surface area (Å²) in [4.78, 5) is 23.2. The Hall–Kier alpha value is -0.700. The average molecular weight is 212 g/mol. The highest BCUT2D eigenvalue weighted by atomic mass is 16.3. The van der Waals surface area contributed by atoms with Gasteiger partial charge in [-0.2, -0.15) is 0 Å². The minimum atomic E-state index is -1.08. The minimum Gasteiger partial charge on any atom is -0.385 e. The Bertz CT molecular complexity index is 227. The molecule has 0 aromatic carbocycles. The molecule has 0 saturated heterocycles. The lowest BCUT2D eigenvalue weighted by molar-refractivity contribution is -0.144. The zero-order valence-electron chi connectivity index (χ0n) is 9.37. The maximum Gasteiger partial charge on any atom is 0.226 e. The number of rotatable bonds is 4. The van der Waals surface area contributed by atoms with Gasteiger partial charge in [-0.05, 0) is 19.3 Å². The molecule has 1 aliphatic carbocycles. The van der Waals surface area contributed by atoms with E-state index in [-0.39, 0.29) is 11.7 Å². The molecule has 0 aromatic rings. The molecule has 1 unspecified atom stereocenters. The van der Waals surface area contributed by atoms with E-state index in [0.29, 0.717) is 6.42 Å². The molecule has 1 aliphatic rings. The van der Waals surface area contributed by atoms with Gasteiger partial charge < -0.3 is 5.11 Å². The number of hydrogen-bond donors (Lipinski definition) is 1. The van der Waals surface area contributed by atoms with Gasteiger partial charge in [0.2, 0.25) is 11.6 Å². The van der Waals surface area contributed by atoms with E-state index >= 15 is 0 Å². The van der Waals surface area contributed by atoms with E-state index in [9.17, 15) is 14.7 Å². The van der Waals surface area contributed by atoms with Crippen molar-refractivity contribution >= 4 is 11.6 Å². The number of carbonyl (C=O) groups excluding carboxylic acids is 2. The fourth-order valence-electron chi connectivity index (χ4n) is 2.09. The van der Waals surface area contributed by atoms with Crippen LogP contribution in [-0.2, 0) is 9.59 Å². The van der Waals surface area contributed by atoms with Crippen molar-refractivity contribution in [3.63, 3.8) is 0 Å². The Morgan fingerprint density at radius 1 is 1.20 bits per heavy atom. The molecule has 0 aromatic heterocycles. The third-order valence-electron chi connectivity index (χ3n) is 3.16. The normalized spacial score (nSPS) is 20.7. The molecule has 15 heavy (non-hydrogen) atoms. The summed E-state index contributed by atoms with van der Waals surface area (Å²) in [7, 11) is 0. The van der Waals surface area contributed by atoms with Crippen molar-refractivity contribution in [3.8, 4) is 0 Å². The second kappa shape index (κ2) is 6.01. The van der Waals surface area contributed by atoms with Crippen LogP contribution in [0.2, 0.25) is 0 Å². The Morgan fingerprint density at radius 2 is 1.73 bits per heavy atom. The van der Waals surface area contributed by atoms with Crippen LogP contribution >= 0.6 is 0 Å². The molecule has 1 saturated carbocycles. The maximum atomic E-state index is 11.7. The van der Waals surface area contributed by atoms with E-state index in [1.165, 1.54) is 0 Å². The highest BCUT2D eigenvalue weighted by Crippen LogP contribution is 2.24. The van der Waals surface area contributed by atoms with Gasteiger partial charge in [0.25, 0.3) is 0 Å². The molecular weight excluding hydrogens is 192 g/mol. The van der Waals surface area contributed by atoms with Crippen molar-refractivity contribution in [2.75, 3.05) is 0 Å². The molecule has 1 fully saturated rings. The van der Waals surface area contributed by atoms with Crippen LogP contribution in [0.5, 0.6) is 0 Å². The van der Waals surface area contributed by atoms with Gasteiger partial charge in [0.1, 0.15) is 6.10 Å². The molecule has 3 heteroatoms. The third-order valence-corrected chi connectivity index (χ3v) is 3.16. The first-order valence-corrected chi connectivity index (χ1v) is 5.93. The zero-order chi connectivity index (χ0) is 11.3. The Balaban J connectivity index is 2.54. The van der Waals surface area contributed by atoms with E-state index in [2.05, 4.69) is 0 Å². The van der Waals surface area contributed by atoms with Crippen LogP contribution in [0.1, 0.15) is 51.9 Å². The maximum absolute atomic E-state index is 11.7. The van der Waals surface area contributed by atoms with Gasteiger partial charge in [-0.1, -0.05) is 32.6 Å². The third kappa shape index (κ3) is 3.42. The molecule has 0 aliphatic heterocycles. The van der Waals surface area contributed by atoms with Gasteiger partial charge >= 0.3 is 0 Å². The summed E-state index contributed by atoms with van der Waals surface area (Å²) in [5.74, 6) is -1.04. The molecule has 0 spiro atoms. The van der Waals surface area contributed by atoms with Gasteiger partial charge in [-0.3, -0.25) is 9.59 Å². The predicted octanol–water partition coefficient (Wildman–Crippen LogP) is 1.87. The summed E-state index contributed by atoms with van der Waals surface area (Å²) in [6.07, 6.45) is 5.28. The van der Waals surface area contributed by atoms with E-state index in [0.717, 1.165) is 38.5 Å². The van der Waals surface area contributed by atoms with Crippen LogP contribution in [0.15, 0.2) is 0 Å². The van der Waals surface area contributed by atoms with Crippen molar-refractivity contribution < 1.29 is 14.7 Å². The predicted molar refractivity (Wildman–Crippen MR) is 57.5 cm³/mol. The van der Waals surface area contributed by atoms with Crippen LogP contribution in [0.25, 0.3) is 0 Å². The van der Waals surface area contributed by atoms with Crippen LogP contribution in [-0.4, -0.2) is 22.8 Å². The lowest BCUT2D eigenvalue weighted by Crippen LogP contribution is -2.32. The second-order valence-corrected chi connectivity index (χ2v) is 4.34. The molecular formula is C12H20O3. The highest BCUT2D eigenvalue weighted by Gasteiger charge is 2.29. The van der Waals surface area contributed by atoms with Gasteiger partial charge in [-0.25, -0.2) is 0 Å². The molecule has 0 radical (unpaired) electrons. The van der Waals surface area contributed by atoms with Gasteiger partial charge in [-0.15, -0.1) is 0 Å². The number of hydrogen-bond acceptors (Lipinski definition) is 3. The fourth-order valence-corrected chi connectivity index (χ4v) is 2.09. The first-order chi connectivity index (χ1) is 7.16. The summed E-state index contributed by atoms with van der Waals surface area (Å²) in [6.45, 7) is 1.71. The molecule has 3 nitrogen and oxygen atoms in total. The number of aliphatic hydroxyl groups excluding tert-OH is 1. The monoisotopic (exact) mass is 212 g/mol. The first-order valence-electron chi connectivity index (χ1n) is 5.93. The highest BCUT2D eigenvalue weighted by molar-refractivity contribution is 6.39. The fraction of sp³-hybridized carbons (Fsp3) is 0.833. The molecule has 86 valence electrons. The van der Waals surface area contributed by atoms with Gasteiger partial charge in [0.05, 0.1) is 0 Å². The number of ketones is 2. The molecule has 1 N–H and O–H groups in total. The van der Waals surface area contributed by atoms with E-state index < -0.39 is 11.9 Å². The molecule has 0 amide bonds. The standard InChI is InChI=1S/C12H20O3/c1-2-10(13)12(15)11(14)9-7-5-3-4-6-8-9/h9-10,13H,2-8H2,1H3. The van der Waals surface area contributed by atoms with Crippen molar-refractivity contribution in [2.45, 2.75) is 58.0 Å². The topological polar surface area (TPSA) is 54.4 Å². The van der Waals surface area contributed by atoms with Crippen LogP contribution in [0.3, 0.4) is 0 Å². The Labute approximate surface area is 90.9 Å². The number of aliphatic hydroxyl groups is 1. The van der Waals surface area contributed by atoms with E-state index in [4.69, 9.17) is 0 Å². The van der Waals surface area contributed by atoms with Crippen LogP contribution in [0.4, 0.5) is 0 Å². The SMILES string of the molecule is CCC(O)C(=O)C(=O)C1CCCCCC1. The van der Waals surface area contributed by atoms with Crippen LogP contribution < -0.4 is 0 Å². The number of Topliss-reactive ketones (excluding diaryl/α,β-unsaturated/α-hetero) is 2. The lowest BCUT2D eigenvalue weighted by atomic mass is 9.91. The Kier molecular flexibility index (Phi) is 4.95. The largest absolute Gasteiger partial charge is 0.385 e. The molecule has 0 heterocycles. The summed E-state index contributed by atoms with van der Waals surface area (Å²) < 4.78 is 0. The zero-order valence-corrected chi connectivity index (χ0v) is 9.37. The molecule has 1 rings (SSSR count). The van der Waals surface area contributed by atoms with Crippen molar-refractivity contribution in [1.29, 1.82) is 0 Å². The molecule has 1 atom stereocenters. The summed E-state index contributed by atoms with van der Waals surface area (Å²) in [5.41, 5.74) is 0. The van der Waals surface area contributed by atoms with E-state index in [1.807, 2.05) is 0 Å². The number of carbonyl (C=O) groups is 2. The summed E-state index contributed by atoms with van der Waals surface area (Å²) >= 11 is 0. The first kappa shape index (κ1) is 12.4. The quantitative estimate of drug-likeness (QED) is 0.571. The van der Waals surface area contributed by atoms with Gasteiger partial charge in [0.15, 0.2) is 0 Å². The van der Waals surface area contributed by atoms with E-state index in [1.54, 1.807) is 6.92 Å². The minimum absolute atomic E-state index is 0.124. The van der Waals surface area contributed by atoms with Crippen molar-refractivity contribution in [2.24, 2.45) is 5.92 Å². The van der Waals surface area contributed by atoms with Crippen LogP contribution in [0, 0.1) is 5.92 Å². The van der Waals surface area contributed by atoms with Gasteiger partial charge in [0, 0.05) is 5.92 Å². The van der Waals surface area contributed by atoms with Crippen molar-refractivity contribution in [1.82, 2.24) is 0 Å². The average Bonchev–Trinajstić information content (AvgIpc) is 2.54.